The predicted molar refractivity (Wildman–Crippen MR) is 78.0 cm³/mol. The number of methoxy groups -OCH3 is 1. The van der Waals surface area contributed by atoms with Crippen molar-refractivity contribution in [1.82, 2.24) is 19.9 Å². The van der Waals surface area contributed by atoms with Gasteiger partial charge < -0.3 is 9.72 Å². The predicted octanol–water partition coefficient (Wildman–Crippen LogP) is 2.10. The number of nitrogens with zero attached hydrogens (tertiary/aromatic N) is 3. The molecule has 0 amide bonds. The zero-order chi connectivity index (χ0) is 13.9. The maximum absolute atomic E-state index is 5.21. The van der Waals surface area contributed by atoms with Crippen LogP contribution in [-0.2, 0) is 19.5 Å². The van der Waals surface area contributed by atoms with Crippen LogP contribution in [0.25, 0.3) is 0 Å². The molecule has 5 nitrogen and oxygen atoms in total. The second-order valence-electron chi connectivity index (χ2n) is 4.89. The van der Waals surface area contributed by atoms with E-state index in [1.165, 1.54) is 11.3 Å². The number of hydrogen-bond donors (Lipinski definition) is 1. The van der Waals surface area contributed by atoms with Gasteiger partial charge in [-0.3, -0.25) is 9.88 Å². The molecule has 0 bridgehead atoms. The minimum Gasteiger partial charge on any atom is -0.495 e. The molecule has 0 aliphatic carbocycles. The van der Waals surface area contributed by atoms with Crippen LogP contribution in [0.4, 0.5) is 0 Å². The van der Waals surface area contributed by atoms with Gasteiger partial charge in [0.1, 0.15) is 5.75 Å². The Hall–Kier alpha value is -1.79. The largest absolute Gasteiger partial charge is 0.495 e. The van der Waals surface area contributed by atoms with Crippen LogP contribution in [0, 0.1) is 4.77 Å². The molecule has 1 aliphatic rings. The van der Waals surface area contributed by atoms with E-state index in [9.17, 15) is 0 Å². The van der Waals surface area contributed by atoms with E-state index in [1.54, 1.807) is 13.3 Å². The molecule has 0 saturated heterocycles. The molecule has 0 radical (unpaired) electrons. The van der Waals surface area contributed by atoms with Gasteiger partial charge in [-0.15, -0.1) is 0 Å². The molecule has 0 saturated carbocycles. The van der Waals surface area contributed by atoms with Crippen LogP contribution in [0.5, 0.6) is 5.75 Å². The Bertz CT molecular complexity index is 670. The molecule has 3 heterocycles. The molecule has 6 heteroatoms. The Kier molecular flexibility index (Phi) is 3.75. The molecule has 0 fully saturated rings. The molecule has 2 aromatic rings. The summed E-state index contributed by atoms with van der Waals surface area (Å²) in [6, 6.07) is 2.03. The Morgan fingerprint density at radius 2 is 2.30 bits per heavy atom. The van der Waals surface area contributed by atoms with Gasteiger partial charge >= 0.3 is 0 Å². The van der Waals surface area contributed by atoms with Gasteiger partial charge in [0.25, 0.3) is 0 Å². The third-order valence-electron chi connectivity index (χ3n) is 3.47. The highest BCUT2D eigenvalue weighted by Gasteiger charge is 2.17. The summed E-state index contributed by atoms with van der Waals surface area (Å²) in [6.07, 6.45) is 6.46. The Balaban J connectivity index is 1.74. The second-order valence-corrected chi connectivity index (χ2v) is 5.27. The minimum absolute atomic E-state index is 0.564. The van der Waals surface area contributed by atoms with Crippen molar-refractivity contribution in [3.8, 4) is 5.75 Å². The van der Waals surface area contributed by atoms with E-state index in [4.69, 9.17) is 17.0 Å². The van der Waals surface area contributed by atoms with Crippen molar-refractivity contribution in [2.45, 2.75) is 19.5 Å². The lowest BCUT2D eigenvalue weighted by atomic mass is 10.1. The maximum atomic E-state index is 5.21. The molecule has 1 aliphatic heterocycles. The zero-order valence-electron chi connectivity index (χ0n) is 11.3. The molecular weight excluding hydrogens is 272 g/mol. The summed E-state index contributed by atoms with van der Waals surface area (Å²) in [4.78, 5) is 13.9. The Morgan fingerprint density at radius 1 is 1.40 bits per heavy atom. The van der Waals surface area contributed by atoms with Crippen molar-refractivity contribution in [3.05, 3.63) is 46.2 Å². The van der Waals surface area contributed by atoms with E-state index < -0.39 is 0 Å². The smallest absolute Gasteiger partial charge is 0.196 e. The number of aromatic nitrogens is 3. The first-order chi connectivity index (χ1) is 9.74. The van der Waals surface area contributed by atoms with Crippen LogP contribution < -0.4 is 4.74 Å². The summed E-state index contributed by atoms with van der Waals surface area (Å²) < 4.78 is 5.77. The second kappa shape index (κ2) is 5.68. The van der Waals surface area contributed by atoms with Crippen LogP contribution >= 0.6 is 12.2 Å². The number of nitrogens with one attached hydrogen (secondary N) is 1. The van der Waals surface area contributed by atoms with E-state index in [0.29, 0.717) is 4.77 Å². The Morgan fingerprint density at radius 3 is 3.15 bits per heavy atom. The fourth-order valence-corrected chi connectivity index (χ4v) is 2.64. The van der Waals surface area contributed by atoms with E-state index in [0.717, 1.165) is 37.4 Å². The summed E-state index contributed by atoms with van der Waals surface area (Å²) in [5.41, 5.74) is 3.59. The summed E-state index contributed by atoms with van der Waals surface area (Å²) >= 11 is 5.06. The average molecular weight is 288 g/mol. The molecular formula is C14H16N4OS. The van der Waals surface area contributed by atoms with Gasteiger partial charge in [0, 0.05) is 49.7 Å². The third kappa shape index (κ3) is 2.86. The molecule has 0 atom stereocenters. The zero-order valence-corrected chi connectivity index (χ0v) is 12.1. The normalized spacial score (nSPS) is 14.8. The van der Waals surface area contributed by atoms with Gasteiger partial charge in [0.15, 0.2) is 4.77 Å². The molecule has 1 N–H and O–H groups in total. The van der Waals surface area contributed by atoms with Crippen LogP contribution in [0.3, 0.4) is 0 Å². The first-order valence-corrected chi connectivity index (χ1v) is 6.93. The Labute approximate surface area is 122 Å². The van der Waals surface area contributed by atoms with Crippen LogP contribution in [-0.4, -0.2) is 33.5 Å². The number of ether oxygens (including phenoxy) is 1. The highest BCUT2D eigenvalue weighted by Crippen LogP contribution is 2.19. The minimum atomic E-state index is 0.564. The fraction of sp³-hybridized carbons (Fsp3) is 0.357. The molecule has 2 aromatic heterocycles. The van der Waals surface area contributed by atoms with Crippen molar-refractivity contribution in [3.63, 3.8) is 0 Å². The SMILES string of the molecule is COc1cncc(CN2CCc3[nH]c(=S)ncc3C2)c1. The van der Waals surface area contributed by atoms with Gasteiger partial charge in [0.05, 0.1) is 13.3 Å². The van der Waals surface area contributed by atoms with Crippen LogP contribution in [0.1, 0.15) is 16.8 Å². The summed E-state index contributed by atoms with van der Waals surface area (Å²) in [5.74, 6) is 0.797. The van der Waals surface area contributed by atoms with Gasteiger partial charge in [-0.25, -0.2) is 4.98 Å². The number of hydrogen-bond acceptors (Lipinski definition) is 5. The number of aromatic amines is 1. The highest BCUT2D eigenvalue weighted by molar-refractivity contribution is 7.71. The summed E-state index contributed by atoms with van der Waals surface area (Å²) in [7, 11) is 1.66. The fourth-order valence-electron chi connectivity index (χ4n) is 2.46. The molecule has 0 aromatic carbocycles. The first kappa shape index (κ1) is 13.2. The average Bonchev–Trinajstić information content (AvgIpc) is 2.47. The van der Waals surface area contributed by atoms with Crippen molar-refractivity contribution in [2.75, 3.05) is 13.7 Å². The van der Waals surface area contributed by atoms with Gasteiger partial charge in [-0.1, -0.05) is 0 Å². The van der Waals surface area contributed by atoms with E-state index in [1.807, 2.05) is 18.5 Å². The number of pyridine rings is 1. The molecule has 0 unspecified atom stereocenters. The monoisotopic (exact) mass is 288 g/mol. The van der Waals surface area contributed by atoms with Gasteiger partial charge in [-0.2, -0.15) is 0 Å². The topological polar surface area (TPSA) is 54.0 Å². The van der Waals surface area contributed by atoms with E-state index in [2.05, 4.69) is 19.9 Å². The summed E-state index contributed by atoms with van der Waals surface area (Å²) in [6.45, 7) is 2.74. The number of H-pyrrole nitrogens is 1. The van der Waals surface area contributed by atoms with Gasteiger partial charge in [0.2, 0.25) is 0 Å². The van der Waals surface area contributed by atoms with E-state index >= 15 is 0 Å². The standard InChI is InChI=1S/C14H16N4OS/c1-19-12-4-10(5-15-7-12)8-18-3-2-13-11(9-18)6-16-14(20)17-13/h4-7H,2-3,8-9H2,1H3,(H,16,17,20). The van der Waals surface area contributed by atoms with Crippen molar-refractivity contribution < 1.29 is 4.74 Å². The summed E-state index contributed by atoms with van der Waals surface area (Å²) in [5, 5.41) is 0. The lowest BCUT2D eigenvalue weighted by Gasteiger charge is -2.28. The van der Waals surface area contributed by atoms with Crippen LogP contribution in [0.15, 0.2) is 24.7 Å². The van der Waals surface area contributed by atoms with Gasteiger partial charge in [-0.05, 0) is 23.8 Å². The molecule has 104 valence electrons. The quantitative estimate of drug-likeness (QED) is 0.877. The van der Waals surface area contributed by atoms with E-state index in [-0.39, 0.29) is 0 Å². The molecule has 20 heavy (non-hydrogen) atoms. The lowest BCUT2D eigenvalue weighted by molar-refractivity contribution is 0.242. The first-order valence-electron chi connectivity index (χ1n) is 6.52. The van der Waals surface area contributed by atoms with Crippen molar-refractivity contribution in [2.24, 2.45) is 0 Å². The number of fused-ring (bicyclic) bond motifs is 1. The maximum Gasteiger partial charge on any atom is 0.196 e. The lowest BCUT2D eigenvalue weighted by Crippen LogP contribution is -2.30. The van der Waals surface area contributed by atoms with Crippen molar-refractivity contribution >= 4 is 12.2 Å². The number of rotatable bonds is 3. The highest BCUT2D eigenvalue weighted by atomic mass is 32.1. The third-order valence-corrected chi connectivity index (χ3v) is 3.67. The van der Waals surface area contributed by atoms with Crippen molar-refractivity contribution in [1.29, 1.82) is 0 Å². The van der Waals surface area contributed by atoms with Crippen LogP contribution in [0.2, 0.25) is 0 Å². The molecule has 0 spiro atoms. The molecule has 3 rings (SSSR count).